The van der Waals surface area contributed by atoms with Crippen molar-refractivity contribution in [2.75, 3.05) is 38.6 Å². The molecule has 0 aromatic carbocycles. The lowest BCUT2D eigenvalue weighted by Gasteiger charge is -2.27. The van der Waals surface area contributed by atoms with Gasteiger partial charge in [-0.3, -0.25) is 0 Å². The van der Waals surface area contributed by atoms with Gasteiger partial charge in [0.05, 0.1) is 0 Å². The Bertz CT molecular complexity index is 432. The highest BCUT2D eigenvalue weighted by Gasteiger charge is 2.22. The first-order chi connectivity index (χ1) is 9.61. The van der Waals surface area contributed by atoms with Gasteiger partial charge in [0, 0.05) is 31.9 Å². The number of hydrogen-bond donors (Lipinski definition) is 1. The smallest absolute Gasteiger partial charge is 0.128 e. The van der Waals surface area contributed by atoms with Gasteiger partial charge in [0.1, 0.15) is 5.82 Å². The standard InChI is InChI=1S/C16H28N4/c1-5-17-11-14-8-9-16(18-13(14)2)20(4)12-15-7-6-10-19(15)3/h8-9,15,17H,5-7,10-12H2,1-4H3. The van der Waals surface area contributed by atoms with Gasteiger partial charge in [-0.1, -0.05) is 13.0 Å². The van der Waals surface area contributed by atoms with E-state index in [0.717, 1.165) is 31.1 Å². The fraction of sp³-hybridized carbons (Fsp3) is 0.688. The number of hydrogen-bond acceptors (Lipinski definition) is 4. The molecule has 0 aliphatic carbocycles. The summed E-state index contributed by atoms with van der Waals surface area (Å²) in [6.45, 7) is 8.43. The van der Waals surface area contributed by atoms with Crippen LogP contribution in [0.2, 0.25) is 0 Å². The lowest BCUT2D eigenvalue weighted by atomic mass is 10.2. The average molecular weight is 276 g/mol. The van der Waals surface area contributed by atoms with Crippen LogP contribution >= 0.6 is 0 Å². The van der Waals surface area contributed by atoms with Crippen molar-refractivity contribution in [1.82, 2.24) is 15.2 Å². The first kappa shape index (κ1) is 15.3. The molecule has 0 amide bonds. The molecule has 2 heterocycles. The average Bonchev–Trinajstić information content (AvgIpc) is 2.83. The molecular formula is C16H28N4. The Hall–Kier alpha value is -1.13. The van der Waals surface area contributed by atoms with Crippen LogP contribution in [0.3, 0.4) is 0 Å². The number of nitrogens with zero attached hydrogens (tertiary/aromatic N) is 3. The van der Waals surface area contributed by atoms with Crippen molar-refractivity contribution >= 4 is 5.82 Å². The van der Waals surface area contributed by atoms with Gasteiger partial charge >= 0.3 is 0 Å². The van der Waals surface area contributed by atoms with Gasteiger partial charge in [-0.05, 0) is 51.5 Å². The Morgan fingerprint density at radius 3 is 2.85 bits per heavy atom. The summed E-state index contributed by atoms with van der Waals surface area (Å²) in [5, 5.41) is 3.36. The van der Waals surface area contributed by atoms with Crippen LogP contribution in [0.4, 0.5) is 5.82 Å². The highest BCUT2D eigenvalue weighted by molar-refractivity contribution is 5.41. The summed E-state index contributed by atoms with van der Waals surface area (Å²) < 4.78 is 0. The highest BCUT2D eigenvalue weighted by atomic mass is 15.2. The van der Waals surface area contributed by atoms with E-state index in [4.69, 9.17) is 4.98 Å². The van der Waals surface area contributed by atoms with Gasteiger partial charge in [-0.2, -0.15) is 0 Å². The lowest BCUT2D eigenvalue weighted by molar-refractivity contribution is 0.314. The number of nitrogens with one attached hydrogen (secondary N) is 1. The maximum absolute atomic E-state index is 4.76. The quantitative estimate of drug-likeness (QED) is 0.861. The molecule has 1 N–H and O–H groups in total. The Kier molecular flexibility index (Phi) is 5.38. The summed E-state index contributed by atoms with van der Waals surface area (Å²) >= 11 is 0. The number of anilines is 1. The van der Waals surface area contributed by atoms with E-state index >= 15 is 0 Å². The largest absolute Gasteiger partial charge is 0.358 e. The third-order valence-corrected chi connectivity index (χ3v) is 4.29. The van der Waals surface area contributed by atoms with Gasteiger partial charge in [0.2, 0.25) is 0 Å². The summed E-state index contributed by atoms with van der Waals surface area (Å²) in [5.41, 5.74) is 2.43. The Balaban J connectivity index is 1.99. The van der Waals surface area contributed by atoms with Gasteiger partial charge in [0.15, 0.2) is 0 Å². The fourth-order valence-electron chi connectivity index (χ4n) is 2.86. The van der Waals surface area contributed by atoms with Crippen LogP contribution in [-0.2, 0) is 6.54 Å². The van der Waals surface area contributed by atoms with Crippen molar-refractivity contribution in [3.63, 3.8) is 0 Å². The SMILES string of the molecule is CCNCc1ccc(N(C)CC2CCCN2C)nc1C. The van der Waals surface area contributed by atoms with Crippen LogP contribution in [0.25, 0.3) is 0 Å². The molecule has 0 radical (unpaired) electrons. The molecule has 1 aromatic heterocycles. The summed E-state index contributed by atoms with van der Waals surface area (Å²) in [6.07, 6.45) is 2.63. The topological polar surface area (TPSA) is 31.4 Å². The molecule has 4 nitrogen and oxygen atoms in total. The monoisotopic (exact) mass is 276 g/mol. The van der Waals surface area contributed by atoms with E-state index in [1.807, 2.05) is 0 Å². The molecule has 1 fully saturated rings. The van der Waals surface area contributed by atoms with Crippen LogP contribution in [-0.4, -0.2) is 49.7 Å². The summed E-state index contributed by atoms with van der Waals surface area (Å²) in [7, 11) is 4.38. The Morgan fingerprint density at radius 1 is 1.45 bits per heavy atom. The molecule has 112 valence electrons. The normalized spacial score (nSPS) is 19.5. The van der Waals surface area contributed by atoms with E-state index in [1.54, 1.807) is 0 Å². The number of aromatic nitrogens is 1. The minimum Gasteiger partial charge on any atom is -0.358 e. The molecule has 4 heteroatoms. The second-order valence-electron chi connectivity index (χ2n) is 5.85. The first-order valence-electron chi connectivity index (χ1n) is 7.70. The van der Waals surface area contributed by atoms with Crippen LogP contribution < -0.4 is 10.2 Å². The van der Waals surface area contributed by atoms with Gasteiger partial charge in [-0.15, -0.1) is 0 Å². The van der Waals surface area contributed by atoms with E-state index in [1.165, 1.54) is 24.9 Å². The summed E-state index contributed by atoms with van der Waals surface area (Å²) in [4.78, 5) is 9.51. The maximum atomic E-state index is 4.76. The second-order valence-corrected chi connectivity index (χ2v) is 5.85. The molecule has 1 aliphatic rings. The van der Waals surface area contributed by atoms with Crippen LogP contribution in [0.1, 0.15) is 31.0 Å². The van der Waals surface area contributed by atoms with Crippen molar-refractivity contribution in [3.05, 3.63) is 23.4 Å². The molecule has 1 atom stereocenters. The number of likely N-dealkylation sites (tertiary alicyclic amines) is 1. The molecule has 20 heavy (non-hydrogen) atoms. The van der Waals surface area contributed by atoms with Gasteiger partial charge in [-0.25, -0.2) is 4.98 Å². The zero-order valence-corrected chi connectivity index (χ0v) is 13.3. The Labute approximate surface area is 123 Å². The predicted octanol–water partition coefficient (Wildman–Crippen LogP) is 2.03. The predicted molar refractivity (Wildman–Crippen MR) is 85.3 cm³/mol. The van der Waals surface area contributed by atoms with Crippen molar-refractivity contribution in [2.24, 2.45) is 0 Å². The second kappa shape index (κ2) is 7.04. The summed E-state index contributed by atoms with van der Waals surface area (Å²) in [6, 6.07) is 5.02. The third kappa shape index (κ3) is 3.70. The maximum Gasteiger partial charge on any atom is 0.128 e. The molecule has 0 bridgehead atoms. The molecule has 1 aromatic rings. The zero-order chi connectivity index (χ0) is 14.5. The van der Waals surface area contributed by atoms with Crippen LogP contribution in [0, 0.1) is 6.92 Å². The molecule has 2 rings (SSSR count). The lowest BCUT2D eigenvalue weighted by Crippen LogP contribution is -2.37. The minimum absolute atomic E-state index is 0.670. The van der Waals surface area contributed by atoms with Crippen LogP contribution in [0.5, 0.6) is 0 Å². The molecule has 0 spiro atoms. The minimum atomic E-state index is 0.670. The van der Waals surface area contributed by atoms with Gasteiger partial charge in [0.25, 0.3) is 0 Å². The molecular weight excluding hydrogens is 248 g/mol. The third-order valence-electron chi connectivity index (χ3n) is 4.29. The number of aryl methyl sites for hydroxylation is 1. The molecule has 1 unspecified atom stereocenters. The Morgan fingerprint density at radius 2 is 2.25 bits per heavy atom. The molecule has 1 aliphatic heterocycles. The van der Waals surface area contributed by atoms with Gasteiger partial charge < -0.3 is 15.1 Å². The van der Waals surface area contributed by atoms with Crippen molar-refractivity contribution in [3.8, 4) is 0 Å². The van der Waals surface area contributed by atoms with Crippen molar-refractivity contribution in [2.45, 2.75) is 39.3 Å². The summed E-state index contributed by atoms with van der Waals surface area (Å²) in [5.74, 6) is 1.09. The molecule has 1 saturated heterocycles. The van der Waals surface area contributed by atoms with E-state index in [-0.39, 0.29) is 0 Å². The molecule has 0 saturated carbocycles. The fourth-order valence-corrected chi connectivity index (χ4v) is 2.86. The van der Waals surface area contributed by atoms with E-state index in [0.29, 0.717) is 6.04 Å². The van der Waals surface area contributed by atoms with E-state index in [2.05, 4.69) is 55.2 Å². The first-order valence-corrected chi connectivity index (χ1v) is 7.70. The highest BCUT2D eigenvalue weighted by Crippen LogP contribution is 2.19. The number of rotatable bonds is 6. The van der Waals surface area contributed by atoms with E-state index < -0.39 is 0 Å². The van der Waals surface area contributed by atoms with Crippen LogP contribution in [0.15, 0.2) is 12.1 Å². The van der Waals surface area contributed by atoms with Crippen molar-refractivity contribution < 1.29 is 0 Å². The van der Waals surface area contributed by atoms with E-state index in [9.17, 15) is 0 Å². The van der Waals surface area contributed by atoms with Crippen molar-refractivity contribution in [1.29, 1.82) is 0 Å². The number of pyridine rings is 1. The zero-order valence-electron chi connectivity index (χ0n) is 13.3. The number of likely N-dealkylation sites (N-methyl/N-ethyl adjacent to an activating group) is 2.